The van der Waals surface area contributed by atoms with Crippen molar-refractivity contribution in [3.63, 3.8) is 0 Å². The van der Waals surface area contributed by atoms with Crippen molar-refractivity contribution in [3.8, 4) is 0 Å². The average Bonchev–Trinajstić information content (AvgIpc) is 2.76. The van der Waals surface area contributed by atoms with Crippen LogP contribution >= 0.6 is 106 Å². The largest absolute Gasteiger partial charge is 0.351 e. The molecule has 1 amide bonds. The van der Waals surface area contributed by atoms with E-state index in [-0.39, 0.29) is 5.91 Å². The third kappa shape index (κ3) is 9.76. The lowest BCUT2D eigenvalue weighted by Crippen LogP contribution is -2.25. The number of nitrogens with one attached hydrogen (secondary N) is 1. The molecule has 0 aliphatic carbocycles. The zero-order valence-electron chi connectivity index (χ0n) is 16.3. The van der Waals surface area contributed by atoms with Gasteiger partial charge < -0.3 is 5.32 Å². The molecule has 0 unspecified atom stereocenters. The van der Waals surface area contributed by atoms with Crippen LogP contribution in [0.25, 0.3) is 0 Å². The maximum atomic E-state index is 11.2. The van der Waals surface area contributed by atoms with Gasteiger partial charge in [0.05, 0.1) is 35.4 Å². The first-order chi connectivity index (χ1) is 15.7. The number of benzene rings is 2. The van der Waals surface area contributed by atoms with Gasteiger partial charge in [-0.15, -0.1) is 0 Å². The molecule has 0 spiro atoms. The van der Waals surface area contributed by atoms with Gasteiger partial charge in [0, 0.05) is 58.8 Å². The fraction of sp³-hybridized carbons (Fsp3) is 0.100. The van der Waals surface area contributed by atoms with Crippen LogP contribution in [0.5, 0.6) is 0 Å². The first-order valence-corrected chi connectivity index (χ1v) is 13.2. The molecule has 1 heterocycles. The Balaban J connectivity index is 0.000000273. The molecule has 3 aromatic rings. The summed E-state index contributed by atoms with van der Waals surface area (Å²) < 4.78 is 5.42. The molecule has 2 aromatic carbocycles. The molecule has 4 nitrogen and oxygen atoms in total. The lowest BCUT2D eigenvalue weighted by Gasteiger charge is -2.08. The molecule has 0 aliphatic rings. The molecule has 3 rings (SSSR count). The Morgan fingerprint density at radius 3 is 1.79 bits per heavy atom. The van der Waals surface area contributed by atoms with Crippen molar-refractivity contribution < 1.29 is 8.42 Å². The van der Waals surface area contributed by atoms with E-state index in [0.29, 0.717) is 57.8 Å². The second kappa shape index (κ2) is 15.0. The molecule has 176 valence electrons. The third-order valence-corrected chi connectivity index (χ3v) is 7.54. The topological polar surface area (TPSA) is 51.2 Å². The monoisotopic (exact) mass is 620 g/mol. The summed E-state index contributed by atoms with van der Waals surface area (Å²) in [5.41, 5.74) is 0.583. The Hall–Kier alpha value is -0.190. The van der Waals surface area contributed by atoms with Gasteiger partial charge in [-0.25, -0.2) is 3.63 Å². The van der Waals surface area contributed by atoms with Crippen LogP contribution in [0.1, 0.15) is 10.4 Å². The number of hydrogen-bond acceptors (Lipinski definition) is 6. The summed E-state index contributed by atoms with van der Waals surface area (Å²) in [5.74, 6) is 0.545. The number of aromatic nitrogens is 1. The summed E-state index contributed by atoms with van der Waals surface area (Å²) in [7, 11) is 0. The van der Waals surface area contributed by atoms with Gasteiger partial charge >= 0.3 is 0 Å². The van der Waals surface area contributed by atoms with E-state index in [1.807, 2.05) is 0 Å². The summed E-state index contributed by atoms with van der Waals surface area (Å²) in [6.07, 6.45) is 3.17. The molecular weight excluding hydrogens is 609 g/mol. The Morgan fingerprint density at radius 1 is 0.909 bits per heavy atom. The van der Waals surface area contributed by atoms with E-state index in [2.05, 4.69) is 22.9 Å². The molecule has 1 aromatic heterocycles. The zero-order valence-corrected chi connectivity index (χ0v) is 23.4. The van der Waals surface area contributed by atoms with Crippen molar-refractivity contribution in [2.75, 3.05) is 12.3 Å². The van der Waals surface area contributed by atoms with Crippen molar-refractivity contribution in [2.24, 2.45) is 0 Å². The van der Waals surface area contributed by atoms with E-state index in [1.165, 1.54) is 6.20 Å². The molecule has 13 heteroatoms. The Kier molecular flexibility index (Phi) is 13.2. The Labute approximate surface area is 235 Å². The molecule has 1 N–H and O–H groups in total. The fourth-order valence-electron chi connectivity index (χ4n) is 2.07. The molecule has 33 heavy (non-hydrogen) atoms. The molecule has 0 atom stereocenters. The van der Waals surface area contributed by atoms with Gasteiger partial charge in [0.15, 0.2) is 0 Å². The summed E-state index contributed by atoms with van der Waals surface area (Å²) in [5, 5.41) is 5.17. The molecule has 0 saturated heterocycles. The van der Waals surface area contributed by atoms with Gasteiger partial charge in [0.2, 0.25) is 0 Å². The highest BCUT2D eigenvalue weighted by Gasteiger charge is 2.13. The highest BCUT2D eigenvalue weighted by molar-refractivity contribution is 8.08. The van der Waals surface area contributed by atoms with Crippen LogP contribution in [0.3, 0.4) is 0 Å². The van der Waals surface area contributed by atoms with Crippen molar-refractivity contribution in [3.05, 3.63) is 84.5 Å². The van der Waals surface area contributed by atoms with Crippen molar-refractivity contribution >= 4 is 112 Å². The number of carbonyl (C=O) groups excluding carboxylic acids is 1. The first kappa shape index (κ1) is 29.0. The van der Waals surface area contributed by atoms with Crippen LogP contribution < -0.4 is 5.32 Å². The molecule has 0 fully saturated rings. The van der Waals surface area contributed by atoms with E-state index < -0.39 is 0 Å². The van der Waals surface area contributed by atoms with Gasteiger partial charge in [0.25, 0.3) is 5.91 Å². The summed E-state index contributed by atoms with van der Waals surface area (Å²) >= 11 is 41.8. The second-order valence-electron chi connectivity index (χ2n) is 5.85. The SMILES string of the molecule is Clc1cc(Cl)c(SOSc2c(Cl)cc(Cl)cc2Cl)c(Cl)c1.O=C(NCCS)c1cccnc1. The lowest BCUT2D eigenvalue weighted by atomic mass is 10.3. The van der Waals surface area contributed by atoms with E-state index in [1.54, 1.807) is 42.6 Å². The fourth-order valence-corrected chi connectivity index (χ4v) is 5.43. The van der Waals surface area contributed by atoms with E-state index in [0.717, 1.165) is 24.1 Å². The van der Waals surface area contributed by atoms with Crippen molar-refractivity contribution in [1.29, 1.82) is 0 Å². The van der Waals surface area contributed by atoms with Gasteiger partial charge in [-0.1, -0.05) is 69.6 Å². The first-order valence-electron chi connectivity index (χ1n) is 8.82. The van der Waals surface area contributed by atoms with Crippen LogP contribution in [0.4, 0.5) is 0 Å². The predicted molar refractivity (Wildman–Crippen MR) is 146 cm³/mol. The quantitative estimate of drug-likeness (QED) is 0.203. The molecule has 0 saturated carbocycles. The van der Waals surface area contributed by atoms with Crippen LogP contribution in [0.2, 0.25) is 30.1 Å². The summed E-state index contributed by atoms with van der Waals surface area (Å²) in [4.78, 5) is 16.2. The number of thiol groups is 1. The van der Waals surface area contributed by atoms with Crippen LogP contribution in [-0.4, -0.2) is 23.2 Å². The van der Waals surface area contributed by atoms with Crippen LogP contribution in [-0.2, 0) is 3.63 Å². The summed E-state index contributed by atoms with van der Waals surface area (Å²) in [6.45, 7) is 0.580. The van der Waals surface area contributed by atoms with Gasteiger partial charge in [0.1, 0.15) is 0 Å². The standard InChI is InChI=1S/C12H4Cl6OS2.C8H10N2OS/c13-5-1-7(15)11(8(16)2-5)20-19-21-12-9(17)3-6(14)4-10(12)18;11-8(10-4-5-12)7-2-1-3-9-6-7/h1-4H;1-3,6,12H,4-5H2,(H,10,11). The van der Waals surface area contributed by atoms with Crippen molar-refractivity contribution in [1.82, 2.24) is 10.3 Å². The number of pyridine rings is 1. The molecule has 0 radical (unpaired) electrons. The second-order valence-corrected chi connectivity index (χ2v) is 10.5. The van der Waals surface area contributed by atoms with E-state index in [4.69, 9.17) is 73.2 Å². The lowest BCUT2D eigenvalue weighted by molar-refractivity contribution is 0.0956. The highest BCUT2D eigenvalue weighted by atomic mass is 35.5. The van der Waals surface area contributed by atoms with Crippen molar-refractivity contribution in [2.45, 2.75) is 9.79 Å². The minimum atomic E-state index is -0.0999. The number of carbonyl (C=O) groups is 1. The van der Waals surface area contributed by atoms with E-state index in [9.17, 15) is 4.79 Å². The number of hydrogen-bond donors (Lipinski definition) is 2. The predicted octanol–water partition coefficient (Wildman–Crippen LogP) is 9.08. The number of nitrogens with zero attached hydrogens (tertiary/aromatic N) is 1. The van der Waals surface area contributed by atoms with E-state index >= 15 is 0 Å². The molecule has 0 bridgehead atoms. The molecular formula is C20H14Cl6N2O2S3. The normalized spacial score (nSPS) is 10.4. The number of halogens is 6. The Morgan fingerprint density at radius 2 is 1.39 bits per heavy atom. The third-order valence-electron chi connectivity index (χ3n) is 3.48. The maximum absolute atomic E-state index is 11.2. The van der Waals surface area contributed by atoms with Gasteiger partial charge in [-0.2, -0.15) is 12.6 Å². The average molecular weight is 623 g/mol. The number of rotatable bonds is 7. The minimum absolute atomic E-state index is 0.0999. The van der Waals surface area contributed by atoms with Crippen LogP contribution in [0, 0.1) is 0 Å². The smallest absolute Gasteiger partial charge is 0.252 e. The Bertz CT molecular complexity index is 989. The van der Waals surface area contributed by atoms with Gasteiger partial charge in [-0.3, -0.25) is 9.78 Å². The molecule has 0 aliphatic heterocycles. The van der Waals surface area contributed by atoms with Gasteiger partial charge in [-0.05, 0) is 36.4 Å². The highest BCUT2D eigenvalue weighted by Crippen LogP contribution is 2.43. The zero-order chi connectivity index (χ0) is 24.4. The van der Waals surface area contributed by atoms with Crippen LogP contribution in [0.15, 0.2) is 58.6 Å². The minimum Gasteiger partial charge on any atom is -0.351 e. The maximum Gasteiger partial charge on any atom is 0.252 e. The number of amides is 1. The summed E-state index contributed by atoms with van der Waals surface area (Å²) in [6, 6.07) is 9.76.